The number of guanidine groups is 1. The number of aliphatic imine (C=N–C) groups is 1. The number of nitrogens with one attached hydrogen (secondary N) is 2. The minimum absolute atomic E-state index is 0. The Morgan fingerprint density at radius 2 is 1.86 bits per heavy atom. The van der Waals surface area contributed by atoms with E-state index in [1.165, 1.54) is 15.8 Å². The van der Waals surface area contributed by atoms with Gasteiger partial charge in [-0.3, -0.25) is 4.99 Å². The molecule has 1 aliphatic rings. The molecule has 0 aliphatic carbocycles. The Hall–Kier alpha value is -1.82. The van der Waals surface area contributed by atoms with Gasteiger partial charge in [-0.05, 0) is 24.6 Å². The van der Waals surface area contributed by atoms with Gasteiger partial charge in [0, 0.05) is 35.0 Å². The Kier molecular flexibility index (Phi) is 8.55. The molecule has 28 heavy (non-hydrogen) atoms. The fraction of sp³-hybridized carbons (Fsp3) is 0.389. The summed E-state index contributed by atoms with van der Waals surface area (Å²) in [7, 11) is 1.65. The van der Waals surface area contributed by atoms with Gasteiger partial charge < -0.3 is 24.8 Å². The van der Waals surface area contributed by atoms with Crippen LogP contribution in [0.4, 0.5) is 8.78 Å². The summed E-state index contributed by atoms with van der Waals surface area (Å²) in [5, 5.41) is 6.31. The maximum Gasteiger partial charge on any atom is 0.387 e. The summed E-state index contributed by atoms with van der Waals surface area (Å²) in [5.41, 5.74) is 0.520. The fourth-order valence-corrected chi connectivity index (χ4v) is 3.48. The highest BCUT2D eigenvalue weighted by molar-refractivity contribution is 14.0. The SMILES string of the molecule is CCc1ccc(CNC(=NC)NCc2cc3c(cc2OC(F)F)OCO3)s1.I. The van der Waals surface area contributed by atoms with E-state index in [2.05, 4.69) is 39.4 Å². The van der Waals surface area contributed by atoms with E-state index in [0.717, 1.165) is 6.42 Å². The highest BCUT2D eigenvalue weighted by Crippen LogP contribution is 2.38. The highest BCUT2D eigenvalue weighted by atomic mass is 127. The van der Waals surface area contributed by atoms with Crippen molar-refractivity contribution in [3.8, 4) is 17.2 Å². The topological polar surface area (TPSA) is 64.1 Å². The molecule has 3 rings (SSSR count). The van der Waals surface area contributed by atoms with Crippen LogP contribution in [0.2, 0.25) is 0 Å². The van der Waals surface area contributed by atoms with Crippen LogP contribution in [0, 0.1) is 0 Å². The molecule has 0 fully saturated rings. The van der Waals surface area contributed by atoms with Crippen molar-refractivity contribution in [2.45, 2.75) is 33.0 Å². The number of hydrogen-bond acceptors (Lipinski definition) is 5. The molecule has 0 saturated carbocycles. The maximum absolute atomic E-state index is 12.7. The molecule has 0 radical (unpaired) electrons. The van der Waals surface area contributed by atoms with Crippen LogP contribution in [0.25, 0.3) is 0 Å². The lowest BCUT2D eigenvalue weighted by Gasteiger charge is -2.15. The number of benzene rings is 1. The van der Waals surface area contributed by atoms with Crippen LogP contribution < -0.4 is 24.8 Å². The number of hydrogen-bond donors (Lipinski definition) is 2. The van der Waals surface area contributed by atoms with E-state index < -0.39 is 6.61 Å². The second kappa shape index (κ2) is 10.6. The lowest BCUT2D eigenvalue weighted by molar-refractivity contribution is -0.0505. The van der Waals surface area contributed by atoms with Gasteiger partial charge in [0.1, 0.15) is 5.75 Å². The maximum atomic E-state index is 12.7. The fourth-order valence-electron chi connectivity index (χ4n) is 2.59. The predicted octanol–water partition coefficient (Wildman–Crippen LogP) is 4.12. The standard InChI is InChI=1S/C18H21F2N3O3S.HI/c1-3-12-4-5-13(27-12)9-23-18(21-2)22-8-11-6-15-16(25-10-24-15)7-14(11)26-17(19)20;/h4-7,17H,3,8-10H2,1-2H3,(H2,21,22,23);1H. The number of rotatable bonds is 7. The molecule has 1 aromatic carbocycles. The molecule has 0 spiro atoms. The van der Waals surface area contributed by atoms with Crippen molar-refractivity contribution in [3.63, 3.8) is 0 Å². The molecule has 2 heterocycles. The van der Waals surface area contributed by atoms with Gasteiger partial charge in [-0.25, -0.2) is 0 Å². The van der Waals surface area contributed by atoms with Crippen LogP contribution in [-0.4, -0.2) is 26.4 Å². The predicted molar refractivity (Wildman–Crippen MR) is 115 cm³/mol. The summed E-state index contributed by atoms with van der Waals surface area (Å²) in [6.07, 6.45) is 1.01. The number of fused-ring (bicyclic) bond motifs is 1. The van der Waals surface area contributed by atoms with Crippen molar-refractivity contribution < 1.29 is 23.0 Å². The van der Waals surface area contributed by atoms with Gasteiger partial charge >= 0.3 is 6.61 Å². The van der Waals surface area contributed by atoms with Gasteiger partial charge in [0.15, 0.2) is 17.5 Å². The van der Waals surface area contributed by atoms with E-state index in [0.29, 0.717) is 29.6 Å². The molecule has 6 nitrogen and oxygen atoms in total. The Bertz CT molecular complexity index is 817. The van der Waals surface area contributed by atoms with Gasteiger partial charge in [0.05, 0.1) is 6.54 Å². The van der Waals surface area contributed by atoms with Crippen molar-refractivity contribution in [1.82, 2.24) is 10.6 Å². The zero-order valence-corrected chi connectivity index (χ0v) is 18.6. The molecule has 0 atom stereocenters. The number of alkyl halides is 2. The van der Waals surface area contributed by atoms with Crippen LogP contribution in [0.15, 0.2) is 29.3 Å². The van der Waals surface area contributed by atoms with Gasteiger partial charge in [0.25, 0.3) is 0 Å². The van der Waals surface area contributed by atoms with E-state index in [1.807, 2.05) is 0 Å². The van der Waals surface area contributed by atoms with E-state index in [4.69, 9.17) is 9.47 Å². The summed E-state index contributed by atoms with van der Waals surface area (Å²) >= 11 is 1.74. The first-order valence-corrected chi connectivity index (χ1v) is 9.30. The van der Waals surface area contributed by atoms with Crippen LogP contribution in [0.3, 0.4) is 0 Å². The van der Waals surface area contributed by atoms with Crippen molar-refractivity contribution in [1.29, 1.82) is 0 Å². The zero-order valence-electron chi connectivity index (χ0n) is 15.5. The Morgan fingerprint density at radius 1 is 1.18 bits per heavy atom. The van der Waals surface area contributed by atoms with E-state index >= 15 is 0 Å². The van der Waals surface area contributed by atoms with Crippen LogP contribution in [0.5, 0.6) is 17.2 Å². The minimum Gasteiger partial charge on any atom is -0.454 e. The molecular formula is C18H22F2IN3O3S. The molecule has 2 aromatic rings. The number of halogens is 3. The van der Waals surface area contributed by atoms with Crippen LogP contribution in [-0.2, 0) is 19.5 Å². The average Bonchev–Trinajstić information content (AvgIpc) is 3.29. The molecule has 1 aliphatic heterocycles. The van der Waals surface area contributed by atoms with E-state index in [1.54, 1.807) is 24.5 Å². The summed E-state index contributed by atoms with van der Waals surface area (Å²) in [6, 6.07) is 7.24. The summed E-state index contributed by atoms with van der Waals surface area (Å²) in [6.45, 7) is 0.126. The van der Waals surface area contributed by atoms with E-state index in [-0.39, 0.29) is 43.1 Å². The molecule has 154 valence electrons. The number of ether oxygens (including phenoxy) is 3. The van der Waals surface area contributed by atoms with Crippen molar-refractivity contribution in [3.05, 3.63) is 39.6 Å². The zero-order chi connectivity index (χ0) is 19.2. The Labute approximate surface area is 183 Å². The Balaban J connectivity index is 0.00000280. The molecule has 2 N–H and O–H groups in total. The quantitative estimate of drug-likeness (QED) is 0.324. The molecule has 1 aromatic heterocycles. The molecule has 10 heteroatoms. The Morgan fingerprint density at radius 3 is 2.50 bits per heavy atom. The molecule has 0 unspecified atom stereocenters. The van der Waals surface area contributed by atoms with Crippen molar-refractivity contribution >= 4 is 41.3 Å². The monoisotopic (exact) mass is 525 g/mol. The van der Waals surface area contributed by atoms with Gasteiger partial charge in [-0.1, -0.05) is 6.92 Å². The molecule has 0 saturated heterocycles. The number of nitrogens with zero attached hydrogens (tertiary/aromatic N) is 1. The van der Waals surface area contributed by atoms with Gasteiger partial charge in [-0.2, -0.15) is 8.78 Å². The third-order valence-corrected chi connectivity index (χ3v) is 5.17. The highest BCUT2D eigenvalue weighted by Gasteiger charge is 2.20. The molecule has 0 amide bonds. The normalized spacial score (nSPS) is 12.7. The number of aryl methyl sites for hydroxylation is 1. The van der Waals surface area contributed by atoms with E-state index in [9.17, 15) is 8.78 Å². The molecule has 0 bridgehead atoms. The largest absolute Gasteiger partial charge is 0.454 e. The first kappa shape index (κ1) is 22.5. The van der Waals surface area contributed by atoms with Crippen molar-refractivity contribution in [2.75, 3.05) is 13.8 Å². The lowest BCUT2D eigenvalue weighted by Crippen LogP contribution is -2.36. The van der Waals surface area contributed by atoms with Crippen LogP contribution >= 0.6 is 35.3 Å². The summed E-state index contributed by atoms with van der Waals surface area (Å²) < 4.78 is 40.6. The molecular weight excluding hydrogens is 503 g/mol. The van der Waals surface area contributed by atoms with Gasteiger partial charge in [0.2, 0.25) is 6.79 Å². The first-order valence-electron chi connectivity index (χ1n) is 8.48. The second-order valence-electron chi connectivity index (χ2n) is 5.69. The minimum atomic E-state index is -2.92. The summed E-state index contributed by atoms with van der Waals surface area (Å²) in [5.74, 6) is 1.49. The third-order valence-electron chi connectivity index (χ3n) is 3.94. The number of thiophene rings is 1. The van der Waals surface area contributed by atoms with Gasteiger partial charge in [-0.15, -0.1) is 35.3 Å². The second-order valence-corrected chi connectivity index (χ2v) is 6.95. The lowest BCUT2D eigenvalue weighted by atomic mass is 10.1. The smallest absolute Gasteiger partial charge is 0.387 e. The van der Waals surface area contributed by atoms with Crippen molar-refractivity contribution in [2.24, 2.45) is 4.99 Å². The third kappa shape index (κ3) is 5.84. The first-order chi connectivity index (χ1) is 13.1. The van der Waals surface area contributed by atoms with Crippen LogP contribution in [0.1, 0.15) is 22.2 Å². The average molecular weight is 525 g/mol. The summed E-state index contributed by atoms with van der Waals surface area (Å²) in [4.78, 5) is 6.68.